The number of benzene rings is 1. The highest BCUT2D eigenvalue weighted by Crippen LogP contribution is 2.33. The van der Waals surface area contributed by atoms with E-state index in [1.54, 1.807) is 30.3 Å². The number of aromatic carboxylic acids is 1. The Hall–Kier alpha value is -2.38. The molecule has 0 atom stereocenters. The maximum atomic E-state index is 11.9. The molecule has 0 spiro atoms. The molecule has 0 unspecified atom stereocenters. The summed E-state index contributed by atoms with van der Waals surface area (Å²) in [6.45, 7) is 0. The van der Waals surface area contributed by atoms with Crippen molar-refractivity contribution in [3.05, 3.63) is 51.1 Å². The zero-order valence-corrected chi connectivity index (χ0v) is 13.6. The first-order chi connectivity index (χ1) is 11.0. The van der Waals surface area contributed by atoms with Crippen molar-refractivity contribution >= 4 is 46.3 Å². The van der Waals surface area contributed by atoms with Crippen molar-refractivity contribution in [2.45, 2.75) is 0 Å². The van der Waals surface area contributed by atoms with Gasteiger partial charge in [0.15, 0.2) is 0 Å². The Balaban J connectivity index is 1.85. The standard InChI is InChI=1S/C16H11NO4S2/c1-17-14(18)13(23-16(17)21)7-12-6-11(8-22-12)9-2-4-10(5-3-9)15(19)20/h2-8H,1H3,(H,19,20)/b13-7-. The molecule has 1 fully saturated rings. The van der Waals surface area contributed by atoms with Crippen LogP contribution >= 0.6 is 23.1 Å². The molecule has 1 aromatic heterocycles. The van der Waals surface area contributed by atoms with Crippen LogP contribution in [0.25, 0.3) is 17.2 Å². The Morgan fingerprint density at radius 3 is 2.43 bits per heavy atom. The number of carbonyl (C=O) groups excluding carboxylic acids is 2. The first kappa shape index (κ1) is 15.5. The molecule has 2 amide bonds. The molecule has 2 aromatic rings. The summed E-state index contributed by atoms with van der Waals surface area (Å²) in [5.74, 6) is -1.25. The molecule has 0 bridgehead atoms. The number of thiophene rings is 1. The molecule has 7 heteroatoms. The second kappa shape index (κ2) is 6.02. The monoisotopic (exact) mass is 345 g/mol. The number of likely N-dealkylation sites (N-methyl/N-ethyl adjacent to an activating group) is 1. The topological polar surface area (TPSA) is 74.7 Å². The lowest BCUT2D eigenvalue weighted by Gasteiger charge is -2.00. The van der Waals surface area contributed by atoms with E-state index >= 15 is 0 Å². The van der Waals surface area contributed by atoms with E-state index in [-0.39, 0.29) is 16.7 Å². The lowest BCUT2D eigenvalue weighted by Crippen LogP contribution is -2.22. The van der Waals surface area contributed by atoms with E-state index in [0.29, 0.717) is 4.91 Å². The van der Waals surface area contributed by atoms with Crippen LogP contribution < -0.4 is 0 Å². The van der Waals surface area contributed by atoms with E-state index in [2.05, 4.69) is 0 Å². The summed E-state index contributed by atoms with van der Waals surface area (Å²) < 4.78 is 0. The van der Waals surface area contributed by atoms with Gasteiger partial charge in [0.05, 0.1) is 10.5 Å². The summed E-state index contributed by atoms with van der Waals surface area (Å²) in [5, 5.41) is 10.6. The number of carbonyl (C=O) groups is 3. The second-order valence-electron chi connectivity index (χ2n) is 4.86. The Morgan fingerprint density at radius 2 is 1.87 bits per heavy atom. The van der Waals surface area contributed by atoms with Gasteiger partial charge in [-0.2, -0.15) is 0 Å². The molecule has 2 heterocycles. The number of carboxylic acids is 1. The highest BCUT2D eigenvalue weighted by atomic mass is 32.2. The van der Waals surface area contributed by atoms with Crippen LogP contribution in [0.5, 0.6) is 0 Å². The molecular weight excluding hydrogens is 334 g/mol. The number of carboxylic acid groups (broad SMARTS) is 1. The van der Waals surface area contributed by atoms with Gasteiger partial charge in [-0.1, -0.05) is 12.1 Å². The van der Waals surface area contributed by atoms with Crippen LogP contribution in [-0.4, -0.2) is 34.2 Å². The summed E-state index contributed by atoms with van der Waals surface area (Å²) >= 11 is 2.38. The van der Waals surface area contributed by atoms with Gasteiger partial charge in [0.1, 0.15) is 0 Å². The highest BCUT2D eigenvalue weighted by Gasteiger charge is 2.31. The van der Waals surface area contributed by atoms with Gasteiger partial charge in [0.2, 0.25) is 0 Å². The normalized spacial score (nSPS) is 16.4. The maximum Gasteiger partial charge on any atom is 0.335 e. The number of hydrogen-bond acceptors (Lipinski definition) is 5. The maximum absolute atomic E-state index is 11.9. The molecule has 5 nitrogen and oxygen atoms in total. The van der Waals surface area contributed by atoms with Gasteiger partial charge < -0.3 is 5.11 Å². The number of hydrogen-bond donors (Lipinski definition) is 1. The molecule has 1 N–H and O–H groups in total. The minimum Gasteiger partial charge on any atom is -0.478 e. The first-order valence-electron chi connectivity index (χ1n) is 6.59. The summed E-state index contributed by atoms with van der Waals surface area (Å²) in [6.07, 6.45) is 1.70. The Labute approximate surface area is 140 Å². The minimum absolute atomic E-state index is 0.237. The molecule has 1 aromatic carbocycles. The summed E-state index contributed by atoms with van der Waals surface area (Å²) in [7, 11) is 1.46. The number of imide groups is 1. The average molecular weight is 345 g/mol. The number of thioether (sulfide) groups is 1. The van der Waals surface area contributed by atoms with Crippen LogP contribution in [0.4, 0.5) is 4.79 Å². The number of nitrogens with zero attached hydrogens (tertiary/aromatic N) is 1. The SMILES string of the molecule is CN1C(=O)S/C(=C\c2cc(-c3ccc(C(=O)O)cc3)cs2)C1=O. The second-order valence-corrected chi connectivity index (χ2v) is 6.80. The van der Waals surface area contributed by atoms with E-state index < -0.39 is 5.97 Å². The fraction of sp³-hybridized carbons (Fsp3) is 0.0625. The Kier molecular flexibility index (Phi) is 4.06. The third kappa shape index (κ3) is 3.06. The summed E-state index contributed by atoms with van der Waals surface area (Å²) in [4.78, 5) is 36.6. The van der Waals surface area contributed by atoms with E-state index in [9.17, 15) is 14.4 Å². The van der Waals surface area contributed by atoms with Gasteiger partial charge in [0.25, 0.3) is 11.1 Å². The molecule has 116 valence electrons. The third-order valence-electron chi connectivity index (χ3n) is 3.34. The van der Waals surface area contributed by atoms with Crippen LogP contribution in [0.1, 0.15) is 15.2 Å². The fourth-order valence-corrected chi connectivity index (χ4v) is 3.80. The molecule has 1 aliphatic heterocycles. The number of amides is 2. The molecule has 0 radical (unpaired) electrons. The lowest BCUT2D eigenvalue weighted by molar-refractivity contribution is -0.121. The van der Waals surface area contributed by atoms with Crippen LogP contribution in [0.2, 0.25) is 0 Å². The smallest absolute Gasteiger partial charge is 0.335 e. The first-order valence-corrected chi connectivity index (χ1v) is 8.29. The van der Waals surface area contributed by atoms with Crippen LogP contribution in [0, 0.1) is 0 Å². The fourth-order valence-electron chi connectivity index (χ4n) is 2.06. The predicted octanol–water partition coefficient (Wildman–Crippen LogP) is 3.78. The molecule has 1 aliphatic rings. The Morgan fingerprint density at radius 1 is 1.17 bits per heavy atom. The van der Waals surface area contributed by atoms with Crippen LogP contribution in [0.3, 0.4) is 0 Å². The number of rotatable bonds is 3. The molecule has 0 saturated carbocycles. The van der Waals surface area contributed by atoms with E-state index in [1.807, 2.05) is 11.4 Å². The molecule has 23 heavy (non-hydrogen) atoms. The van der Waals surface area contributed by atoms with Crippen molar-refractivity contribution in [2.75, 3.05) is 7.05 Å². The molecule has 0 aliphatic carbocycles. The van der Waals surface area contributed by atoms with Crippen molar-refractivity contribution < 1.29 is 19.5 Å². The van der Waals surface area contributed by atoms with Crippen molar-refractivity contribution in [1.82, 2.24) is 4.90 Å². The average Bonchev–Trinajstić information content (AvgIpc) is 3.09. The van der Waals surface area contributed by atoms with Crippen LogP contribution in [-0.2, 0) is 4.79 Å². The van der Waals surface area contributed by atoms with Crippen molar-refractivity contribution in [3.8, 4) is 11.1 Å². The lowest BCUT2D eigenvalue weighted by atomic mass is 10.1. The van der Waals surface area contributed by atoms with Gasteiger partial charge >= 0.3 is 5.97 Å². The predicted molar refractivity (Wildman–Crippen MR) is 90.4 cm³/mol. The van der Waals surface area contributed by atoms with Crippen molar-refractivity contribution in [1.29, 1.82) is 0 Å². The van der Waals surface area contributed by atoms with Gasteiger partial charge in [0, 0.05) is 11.9 Å². The highest BCUT2D eigenvalue weighted by molar-refractivity contribution is 8.18. The van der Waals surface area contributed by atoms with Gasteiger partial charge in [-0.25, -0.2) is 4.79 Å². The summed E-state index contributed by atoms with van der Waals surface area (Å²) in [5.41, 5.74) is 2.07. The molecule has 1 saturated heterocycles. The summed E-state index contributed by atoms with van der Waals surface area (Å²) in [6, 6.07) is 8.50. The van der Waals surface area contributed by atoms with Crippen LogP contribution in [0.15, 0.2) is 40.6 Å². The quantitative estimate of drug-likeness (QED) is 0.857. The zero-order chi connectivity index (χ0) is 16.6. The van der Waals surface area contributed by atoms with E-state index in [0.717, 1.165) is 32.7 Å². The van der Waals surface area contributed by atoms with Gasteiger partial charge in [-0.15, -0.1) is 11.3 Å². The minimum atomic E-state index is -0.960. The van der Waals surface area contributed by atoms with Gasteiger partial charge in [-0.3, -0.25) is 14.5 Å². The molecular formula is C16H11NO4S2. The van der Waals surface area contributed by atoms with Crippen molar-refractivity contribution in [2.24, 2.45) is 0 Å². The van der Waals surface area contributed by atoms with Crippen molar-refractivity contribution in [3.63, 3.8) is 0 Å². The largest absolute Gasteiger partial charge is 0.478 e. The molecule has 3 rings (SSSR count). The Bertz CT molecular complexity index is 836. The van der Waals surface area contributed by atoms with Gasteiger partial charge in [-0.05, 0) is 52.5 Å². The van der Waals surface area contributed by atoms with E-state index in [4.69, 9.17) is 5.11 Å². The van der Waals surface area contributed by atoms with E-state index in [1.165, 1.54) is 18.4 Å². The zero-order valence-electron chi connectivity index (χ0n) is 12.0. The third-order valence-corrected chi connectivity index (χ3v) is 5.19.